The topological polar surface area (TPSA) is 71.3 Å². The minimum absolute atomic E-state index is 0.128. The molecule has 0 radical (unpaired) electrons. The van der Waals surface area contributed by atoms with Crippen LogP contribution in [0.4, 0.5) is 19.3 Å². The van der Waals surface area contributed by atoms with E-state index >= 15 is 0 Å². The van der Waals surface area contributed by atoms with Crippen LogP contribution in [-0.4, -0.2) is 27.1 Å². The minimum Gasteiger partial charge on any atom is -0.354 e. The van der Waals surface area contributed by atoms with Crippen LogP contribution in [0.25, 0.3) is 11.5 Å². The van der Waals surface area contributed by atoms with Crippen LogP contribution in [0, 0.1) is 18.6 Å². The third-order valence-electron chi connectivity index (χ3n) is 4.61. The fraction of sp³-hybridized carbons (Fsp3) is 0.278. The number of anilines is 1. The second-order valence-corrected chi connectivity index (χ2v) is 7.23. The maximum atomic E-state index is 13.6. The second-order valence-electron chi connectivity index (χ2n) is 6.51. The van der Waals surface area contributed by atoms with E-state index in [4.69, 9.17) is 4.52 Å². The first-order chi connectivity index (χ1) is 12.9. The molecule has 0 fully saturated rings. The Labute approximate surface area is 157 Å². The SMILES string of the molecule is Cc1cc(NC(=O)N2Cc3c(noc3-c3cscn3)CC2C)cc(F)c1F. The minimum atomic E-state index is -0.996. The van der Waals surface area contributed by atoms with Crippen LogP contribution in [0.3, 0.4) is 0 Å². The highest BCUT2D eigenvalue weighted by Gasteiger charge is 2.32. The average Bonchev–Trinajstić information content (AvgIpc) is 3.27. The van der Waals surface area contributed by atoms with Crippen LogP contribution in [0.1, 0.15) is 23.7 Å². The molecule has 27 heavy (non-hydrogen) atoms. The molecule has 0 spiro atoms. The van der Waals surface area contributed by atoms with Crippen molar-refractivity contribution in [1.82, 2.24) is 15.0 Å². The lowest BCUT2D eigenvalue weighted by Crippen LogP contribution is -2.44. The van der Waals surface area contributed by atoms with E-state index in [-0.39, 0.29) is 17.3 Å². The number of hydrogen-bond acceptors (Lipinski definition) is 5. The first kappa shape index (κ1) is 17.6. The Morgan fingerprint density at radius 3 is 2.93 bits per heavy atom. The third-order valence-corrected chi connectivity index (χ3v) is 5.19. The van der Waals surface area contributed by atoms with Crippen molar-refractivity contribution in [3.63, 3.8) is 0 Å². The first-order valence-electron chi connectivity index (χ1n) is 8.33. The van der Waals surface area contributed by atoms with Gasteiger partial charge in [-0.25, -0.2) is 18.6 Å². The highest BCUT2D eigenvalue weighted by atomic mass is 32.1. The maximum absolute atomic E-state index is 13.6. The molecule has 1 unspecified atom stereocenters. The van der Waals surface area contributed by atoms with E-state index in [0.717, 1.165) is 17.3 Å². The molecule has 1 aromatic carbocycles. The number of halogens is 2. The van der Waals surface area contributed by atoms with Crippen molar-refractivity contribution in [1.29, 1.82) is 0 Å². The summed E-state index contributed by atoms with van der Waals surface area (Å²) >= 11 is 1.44. The molecular weight excluding hydrogens is 374 g/mol. The third kappa shape index (κ3) is 3.18. The molecule has 140 valence electrons. The number of aryl methyl sites for hydroxylation is 1. The normalized spacial score (nSPS) is 16.3. The van der Waals surface area contributed by atoms with E-state index in [1.54, 1.807) is 10.4 Å². The predicted molar refractivity (Wildman–Crippen MR) is 96.4 cm³/mol. The molecule has 3 heterocycles. The molecule has 1 N–H and O–H groups in total. The first-order valence-corrected chi connectivity index (χ1v) is 9.27. The lowest BCUT2D eigenvalue weighted by Gasteiger charge is -2.32. The van der Waals surface area contributed by atoms with Gasteiger partial charge in [0.25, 0.3) is 0 Å². The molecule has 0 saturated heterocycles. The summed E-state index contributed by atoms with van der Waals surface area (Å²) in [5.74, 6) is -1.36. The van der Waals surface area contributed by atoms with E-state index in [2.05, 4.69) is 15.5 Å². The summed E-state index contributed by atoms with van der Waals surface area (Å²) in [6.07, 6.45) is 0.535. The number of benzene rings is 1. The largest absolute Gasteiger partial charge is 0.354 e. The Kier molecular flexibility index (Phi) is 4.39. The number of aromatic nitrogens is 2. The van der Waals surface area contributed by atoms with Gasteiger partial charge in [-0.3, -0.25) is 0 Å². The fourth-order valence-corrected chi connectivity index (χ4v) is 3.71. The highest BCUT2D eigenvalue weighted by molar-refractivity contribution is 7.07. The molecule has 4 rings (SSSR count). The van der Waals surface area contributed by atoms with E-state index < -0.39 is 17.7 Å². The van der Waals surface area contributed by atoms with Crippen molar-refractivity contribution in [2.75, 3.05) is 5.32 Å². The lowest BCUT2D eigenvalue weighted by molar-refractivity contribution is 0.182. The Bertz CT molecular complexity index is 980. The van der Waals surface area contributed by atoms with Crippen molar-refractivity contribution in [3.8, 4) is 11.5 Å². The van der Waals surface area contributed by atoms with E-state index in [9.17, 15) is 13.6 Å². The summed E-state index contributed by atoms with van der Waals surface area (Å²) in [7, 11) is 0. The zero-order valence-electron chi connectivity index (χ0n) is 14.6. The average molecular weight is 390 g/mol. The smallest absolute Gasteiger partial charge is 0.322 e. The van der Waals surface area contributed by atoms with Gasteiger partial charge in [0, 0.05) is 35.2 Å². The van der Waals surface area contributed by atoms with Gasteiger partial charge in [-0.2, -0.15) is 0 Å². The molecule has 1 aliphatic rings. The fourth-order valence-electron chi connectivity index (χ4n) is 3.17. The van der Waals surface area contributed by atoms with Crippen molar-refractivity contribution >= 4 is 23.1 Å². The monoisotopic (exact) mass is 390 g/mol. The number of carbonyl (C=O) groups is 1. The van der Waals surface area contributed by atoms with Crippen LogP contribution in [0.5, 0.6) is 0 Å². The van der Waals surface area contributed by atoms with Crippen molar-refractivity contribution < 1.29 is 18.1 Å². The molecule has 2 amide bonds. The van der Waals surface area contributed by atoms with Gasteiger partial charge >= 0.3 is 6.03 Å². The van der Waals surface area contributed by atoms with Gasteiger partial charge in [0.2, 0.25) is 0 Å². The van der Waals surface area contributed by atoms with Crippen LogP contribution < -0.4 is 5.32 Å². The zero-order chi connectivity index (χ0) is 19.1. The van der Waals surface area contributed by atoms with Gasteiger partial charge in [-0.05, 0) is 25.5 Å². The number of carbonyl (C=O) groups excluding carboxylic acids is 1. The molecule has 0 bridgehead atoms. The standard InChI is InChI=1S/C18H16F2N4O2S/c1-9-3-11(5-13(19)16(9)20)22-18(25)24-6-12-14(4-10(24)2)23-26-17(12)15-7-27-8-21-15/h3,5,7-8,10H,4,6H2,1-2H3,(H,22,25). The quantitative estimate of drug-likeness (QED) is 0.706. The van der Waals surface area contributed by atoms with Crippen LogP contribution in [0.15, 0.2) is 27.5 Å². The molecule has 0 saturated carbocycles. The number of thiazole rings is 1. The number of urea groups is 1. The Balaban J connectivity index is 1.58. The summed E-state index contributed by atoms with van der Waals surface area (Å²) < 4.78 is 32.5. The van der Waals surface area contributed by atoms with Crippen molar-refractivity contribution in [3.05, 3.63) is 51.5 Å². The summed E-state index contributed by atoms with van der Waals surface area (Å²) in [6.45, 7) is 3.64. The summed E-state index contributed by atoms with van der Waals surface area (Å²) in [4.78, 5) is 18.6. The summed E-state index contributed by atoms with van der Waals surface area (Å²) in [5.41, 5.74) is 4.34. The van der Waals surface area contributed by atoms with Crippen molar-refractivity contribution in [2.45, 2.75) is 32.9 Å². The zero-order valence-corrected chi connectivity index (χ0v) is 15.4. The Morgan fingerprint density at radius 1 is 1.41 bits per heavy atom. The van der Waals surface area contributed by atoms with Crippen LogP contribution in [0.2, 0.25) is 0 Å². The van der Waals surface area contributed by atoms with Gasteiger partial charge in [0.05, 0.1) is 17.7 Å². The molecule has 3 aromatic rings. The van der Waals surface area contributed by atoms with Crippen molar-refractivity contribution in [2.24, 2.45) is 0 Å². The number of rotatable bonds is 2. The van der Waals surface area contributed by atoms with E-state index in [0.29, 0.717) is 24.4 Å². The molecule has 2 aromatic heterocycles. The van der Waals surface area contributed by atoms with E-state index in [1.165, 1.54) is 24.3 Å². The molecule has 1 aliphatic heterocycles. The van der Waals surface area contributed by atoms with Crippen LogP contribution in [-0.2, 0) is 13.0 Å². The van der Waals surface area contributed by atoms with Gasteiger partial charge < -0.3 is 14.7 Å². The molecule has 6 nitrogen and oxygen atoms in total. The van der Waals surface area contributed by atoms with Gasteiger partial charge in [-0.15, -0.1) is 11.3 Å². The lowest BCUT2D eigenvalue weighted by atomic mass is 9.99. The Morgan fingerprint density at radius 2 is 2.22 bits per heavy atom. The summed E-state index contributed by atoms with van der Waals surface area (Å²) in [6, 6.07) is 1.85. The number of nitrogens with zero attached hydrogens (tertiary/aromatic N) is 3. The Hall–Kier alpha value is -2.81. The number of hydrogen-bond donors (Lipinski definition) is 1. The number of amides is 2. The van der Waals surface area contributed by atoms with Crippen LogP contribution >= 0.6 is 11.3 Å². The van der Waals surface area contributed by atoms with E-state index in [1.807, 2.05) is 12.3 Å². The second kappa shape index (κ2) is 6.73. The van der Waals surface area contributed by atoms with Gasteiger partial charge in [-0.1, -0.05) is 5.16 Å². The number of nitrogens with one attached hydrogen (secondary N) is 1. The predicted octanol–water partition coefficient (Wildman–Crippen LogP) is 4.36. The molecule has 0 aliphatic carbocycles. The van der Waals surface area contributed by atoms with Gasteiger partial charge in [0.15, 0.2) is 17.4 Å². The van der Waals surface area contributed by atoms with Gasteiger partial charge in [0.1, 0.15) is 5.69 Å². The number of fused-ring (bicyclic) bond motifs is 1. The molecule has 9 heteroatoms. The summed E-state index contributed by atoms with van der Waals surface area (Å²) in [5, 5.41) is 8.61. The highest BCUT2D eigenvalue weighted by Crippen LogP contribution is 2.32. The molecular formula is C18H16F2N4O2S. The maximum Gasteiger partial charge on any atom is 0.322 e. The molecule has 1 atom stereocenters.